The molecule has 8 unspecified atom stereocenters. The van der Waals surface area contributed by atoms with Crippen molar-refractivity contribution in [2.24, 2.45) is 5.92 Å². The first-order chi connectivity index (χ1) is 20.4. The van der Waals surface area contributed by atoms with E-state index in [0.29, 0.717) is 36.1 Å². The molecule has 8 rings (SSSR count). The molecular formula is C24H27N13O5. The molecule has 18 nitrogen and oxygen atoms in total. The number of nitrogen functional groups attached to an aromatic ring is 2. The molecule has 5 aromatic heterocycles. The first-order valence-corrected chi connectivity index (χ1v) is 13.6. The maximum absolute atomic E-state index is 12.4. The summed E-state index contributed by atoms with van der Waals surface area (Å²) in [5.74, 6) is -0.167. The molecule has 7 N–H and O–H groups in total. The molecule has 8 atom stereocenters. The molecule has 18 heteroatoms. The summed E-state index contributed by atoms with van der Waals surface area (Å²) in [7, 11) is 0. The predicted octanol–water partition coefficient (Wildman–Crippen LogP) is -1.18. The zero-order valence-electron chi connectivity index (χ0n) is 22.0. The van der Waals surface area contributed by atoms with Gasteiger partial charge in [-0.15, -0.1) is 5.10 Å². The van der Waals surface area contributed by atoms with Crippen molar-refractivity contribution in [3.63, 3.8) is 0 Å². The lowest BCUT2D eigenvalue weighted by molar-refractivity contribution is -0.0385. The second-order valence-electron chi connectivity index (χ2n) is 10.9. The van der Waals surface area contributed by atoms with E-state index in [-0.39, 0.29) is 35.3 Å². The summed E-state index contributed by atoms with van der Waals surface area (Å²) >= 11 is 0. The largest absolute Gasteiger partial charge is 0.390 e. The van der Waals surface area contributed by atoms with Crippen LogP contribution in [0.3, 0.4) is 0 Å². The Balaban J connectivity index is 1.13. The summed E-state index contributed by atoms with van der Waals surface area (Å²) in [6.07, 6.45) is 3.75. The van der Waals surface area contributed by atoms with Gasteiger partial charge in [-0.25, -0.2) is 24.6 Å². The summed E-state index contributed by atoms with van der Waals surface area (Å²) in [6, 6.07) is -0.539. The molecule has 0 saturated carbocycles. The maximum Gasteiger partial charge on any atom is 0.280 e. The van der Waals surface area contributed by atoms with E-state index in [0.717, 1.165) is 0 Å². The predicted molar refractivity (Wildman–Crippen MR) is 142 cm³/mol. The van der Waals surface area contributed by atoms with Crippen molar-refractivity contribution in [3.05, 3.63) is 41.2 Å². The second kappa shape index (κ2) is 9.24. The molecule has 4 bridgehead atoms. The fourth-order valence-electron chi connectivity index (χ4n) is 6.58. The normalized spacial score (nSPS) is 31.3. The van der Waals surface area contributed by atoms with E-state index >= 15 is 0 Å². The average Bonchev–Trinajstić information content (AvgIpc) is 3.77. The number of H-pyrrole nitrogens is 1. The van der Waals surface area contributed by atoms with E-state index in [2.05, 4.69) is 40.2 Å². The quantitative estimate of drug-likeness (QED) is 0.166. The van der Waals surface area contributed by atoms with Gasteiger partial charge in [0.15, 0.2) is 28.9 Å². The Morgan fingerprint density at radius 1 is 0.929 bits per heavy atom. The van der Waals surface area contributed by atoms with Crippen LogP contribution in [0.2, 0.25) is 0 Å². The number of aromatic nitrogens is 11. The highest BCUT2D eigenvalue weighted by atomic mass is 16.5. The third kappa shape index (κ3) is 3.72. The fourth-order valence-corrected chi connectivity index (χ4v) is 6.58. The SMILES string of the molecule is Nc1nc2c(ncn2C2OC3Cc4cn(nn4)C4C(CCCC2C3O)OC(n2cnc3c(N)ncnc32)C4O)c(=O)[nH]1. The third-order valence-electron chi connectivity index (χ3n) is 8.52. The minimum Gasteiger partial charge on any atom is -0.390 e. The Kier molecular flexibility index (Phi) is 5.55. The molecule has 2 fully saturated rings. The molecule has 3 aliphatic heterocycles. The van der Waals surface area contributed by atoms with Gasteiger partial charge in [0.05, 0.1) is 36.7 Å². The van der Waals surface area contributed by atoms with Gasteiger partial charge in [0, 0.05) is 18.5 Å². The smallest absolute Gasteiger partial charge is 0.280 e. The number of hydrogen-bond donors (Lipinski definition) is 5. The van der Waals surface area contributed by atoms with Crippen LogP contribution in [0.25, 0.3) is 22.3 Å². The van der Waals surface area contributed by atoms with Gasteiger partial charge in [0.25, 0.3) is 5.56 Å². The zero-order valence-corrected chi connectivity index (χ0v) is 22.0. The Bertz CT molecular complexity index is 1860. The minimum atomic E-state index is -1.00. The van der Waals surface area contributed by atoms with Crippen LogP contribution >= 0.6 is 0 Å². The van der Waals surface area contributed by atoms with E-state index in [1.54, 1.807) is 20.0 Å². The zero-order chi connectivity index (χ0) is 28.7. The number of anilines is 2. The van der Waals surface area contributed by atoms with E-state index in [9.17, 15) is 15.0 Å². The first-order valence-electron chi connectivity index (χ1n) is 13.6. The highest BCUT2D eigenvalue weighted by molar-refractivity contribution is 5.81. The lowest BCUT2D eigenvalue weighted by atomic mass is 9.90. The molecule has 0 amide bonds. The molecule has 0 aromatic carbocycles. The van der Waals surface area contributed by atoms with E-state index < -0.39 is 48.5 Å². The van der Waals surface area contributed by atoms with Gasteiger partial charge in [0.1, 0.15) is 30.2 Å². The van der Waals surface area contributed by atoms with Crippen molar-refractivity contribution in [1.82, 2.24) is 54.0 Å². The van der Waals surface area contributed by atoms with E-state index in [1.807, 2.05) is 0 Å². The number of nitrogens with two attached hydrogens (primary N) is 2. The Hall–Kier alpha value is -4.52. The van der Waals surface area contributed by atoms with Gasteiger partial charge >= 0.3 is 0 Å². The van der Waals surface area contributed by atoms with Crippen molar-refractivity contribution in [2.75, 3.05) is 11.5 Å². The summed E-state index contributed by atoms with van der Waals surface area (Å²) in [5, 5.41) is 31.6. The molecule has 0 spiro atoms. The number of nitrogens with zero attached hydrogens (tertiary/aromatic N) is 10. The van der Waals surface area contributed by atoms with Gasteiger partial charge in [-0.3, -0.25) is 18.9 Å². The molecular weight excluding hydrogens is 550 g/mol. The number of hydrogen-bond acceptors (Lipinski definition) is 14. The molecule has 3 aliphatic rings. The maximum atomic E-state index is 12.4. The van der Waals surface area contributed by atoms with Crippen molar-refractivity contribution < 1.29 is 19.7 Å². The molecule has 8 heterocycles. The van der Waals surface area contributed by atoms with Gasteiger partial charge in [-0.2, -0.15) is 4.98 Å². The summed E-state index contributed by atoms with van der Waals surface area (Å²) in [4.78, 5) is 36.0. The minimum absolute atomic E-state index is 0.0410. The van der Waals surface area contributed by atoms with Crippen LogP contribution in [0, 0.1) is 5.92 Å². The number of ether oxygens (including phenoxy) is 2. The van der Waals surface area contributed by atoms with Crippen LogP contribution in [-0.4, -0.2) is 88.7 Å². The first kappa shape index (κ1) is 25.2. The Labute approximate surface area is 235 Å². The monoisotopic (exact) mass is 577 g/mol. The molecule has 0 radical (unpaired) electrons. The highest BCUT2D eigenvalue weighted by Crippen LogP contribution is 2.44. The van der Waals surface area contributed by atoms with Crippen molar-refractivity contribution in [1.29, 1.82) is 0 Å². The topological polar surface area (TPSA) is 249 Å². The Morgan fingerprint density at radius 2 is 1.71 bits per heavy atom. The average molecular weight is 578 g/mol. The number of rotatable bonds is 2. The van der Waals surface area contributed by atoms with Gasteiger partial charge in [-0.05, 0) is 12.8 Å². The molecule has 5 aromatic rings. The van der Waals surface area contributed by atoms with Crippen LogP contribution in [0.1, 0.15) is 43.5 Å². The highest BCUT2D eigenvalue weighted by Gasteiger charge is 2.49. The lowest BCUT2D eigenvalue weighted by Gasteiger charge is -2.24. The van der Waals surface area contributed by atoms with Crippen LogP contribution in [0.5, 0.6) is 0 Å². The number of aliphatic hydroxyl groups excluding tert-OH is 2. The van der Waals surface area contributed by atoms with Crippen molar-refractivity contribution in [2.45, 2.75) is 68.6 Å². The fraction of sp³-hybridized carbons (Fsp3) is 0.500. The van der Waals surface area contributed by atoms with E-state index in [1.165, 1.54) is 19.0 Å². The van der Waals surface area contributed by atoms with Crippen LogP contribution < -0.4 is 17.0 Å². The van der Waals surface area contributed by atoms with Gasteiger partial charge < -0.3 is 31.2 Å². The third-order valence-corrected chi connectivity index (χ3v) is 8.52. The standard InChI is InChI=1S/C24H27N13O5/c25-18-13-19(28-6-27-18)35(7-29-13)23-17(39)15-11(41-23)3-1-2-10-16(38)12(4-9-5-37(15)34-33-9)42-22(10)36-8-30-14-20(36)31-24(26)32-21(14)40/h5-8,10-12,15-17,22-23,38-39H,1-4H2,(H2,25,27,28)(H3,26,31,32,40). The van der Waals surface area contributed by atoms with Crippen LogP contribution in [0.4, 0.5) is 11.8 Å². The van der Waals surface area contributed by atoms with Gasteiger partial charge in [0.2, 0.25) is 5.95 Å². The van der Waals surface area contributed by atoms with E-state index in [4.69, 9.17) is 20.9 Å². The molecule has 2 saturated heterocycles. The van der Waals surface area contributed by atoms with Gasteiger partial charge in [-0.1, -0.05) is 11.6 Å². The summed E-state index contributed by atoms with van der Waals surface area (Å²) < 4.78 is 17.7. The number of imidazole rings is 2. The number of aliphatic hydroxyl groups is 2. The Morgan fingerprint density at radius 3 is 2.57 bits per heavy atom. The van der Waals surface area contributed by atoms with Crippen molar-refractivity contribution >= 4 is 34.1 Å². The van der Waals surface area contributed by atoms with Crippen molar-refractivity contribution in [3.8, 4) is 0 Å². The molecule has 42 heavy (non-hydrogen) atoms. The number of nitrogens with one attached hydrogen (secondary N) is 1. The molecule has 0 aliphatic carbocycles. The lowest BCUT2D eigenvalue weighted by Crippen LogP contribution is -2.31. The number of fused-ring (bicyclic) bond motifs is 8. The van der Waals surface area contributed by atoms with Crippen LogP contribution in [0.15, 0.2) is 30.0 Å². The number of aromatic amines is 1. The molecule has 218 valence electrons. The van der Waals surface area contributed by atoms with Crippen LogP contribution in [-0.2, 0) is 15.9 Å². The summed E-state index contributed by atoms with van der Waals surface area (Å²) in [5.41, 5.74) is 13.2. The second-order valence-corrected chi connectivity index (χ2v) is 10.9. The summed E-state index contributed by atoms with van der Waals surface area (Å²) in [6.45, 7) is 0.